The van der Waals surface area contributed by atoms with E-state index in [1.807, 2.05) is 50.4 Å². The SMILES string of the molecule is Cc1cccc(C(=O)NCc2cncc(-c3ccnn3C)c2)c1. The lowest BCUT2D eigenvalue weighted by molar-refractivity contribution is 0.0951. The summed E-state index contributed by atoms with van der Waals surface area (Å²) in [5.41, 5.74) is 4.65. The van der Waals surface area contributed by atoms with Crippen LogP contribution in [-0.4, -0.2) is 20.7 Å². The second kappa shape index (κ2) is 6.44. The Labute approximate surface area is 135 Å². The average molecular weight is 306 g/mol. The fourth-order valence-electron chi connectivity index (χ4n) is 2.45. The second-order valence-electron chi connectivity index (χ2n) is 5.47. The van der Waals surface area contributed by atoms with E-state index in [1.54, 1.807) is 23.3 Å². The largest absolute Gasteiger partial charge is 0.348 e. The van der Waals surface area contributed by atoms with E-state index in [1.165, 1.54) is 0 Å². The summed E-state index contributed by atoms with van der Waals surface area (Å²) in [5.74, 6) is -0.0837. The predicted octanol–water partition coefficient (Wildman–Crippen LogP) is 2.72. The number of carbonyl (C=O) groups is 1. The molecule has 3 aromatic rings. The van der Waals surface area contributed by atoms with E-state index in [4.69, 9.17) is 0 Å². The van der Waals surface area contributed by atoms with Crippen molar-refractivity contribution in [2.75, 3.05) is 0 Å². The third-order valence-corrected chi connectivity index (χ3v) is 3.64. The van der Waals surface area contributed by atoms with Crippen LogP contribution in [0.5, 0.6) is 0 Å². The number of pyridine rings is 1. The zero-order valence-corrected chi connectivity index (χ0v) is 13.2. The lowest BCUT2D eigenvalue weighted by Gasteiger charge is -2.08. The summed E-state index contributed by atoms with van der Waals surface area (Å²) in [4.78, 5) is 16.4. The molecule has 0 aliphatic rings. The minimum Gasteiger partial charge on any atom is -0.348 e. The number of aryl methyl sites for hydroxylation is 2. The number of carbonyl (C=O) groups excluding carboxylic acids is 1. The third-order valence-electron chi connectivity index (χ3n) is 3.64. The molecule has 0 atom stereocenters. The standard InChI is InChI=1S/C18H18N4O/c1-13-4-3-5-15(8-13)18(23)20-11-14-9-16(12-19-10-14)17-6-7-21-22(17)2/h3-10,12H,11H2,1-2H3,(H,20,23). The van der Waals surface area contributed by atoms with Crippen molar-refractivity contribution in [3.05, 3.63) is 71.7 Å². The third kappa shape index (κ3) is 3.45. The number of hydrogen-bond acceptors (Lipinski definition) is 3. The maximum atomic E-state index is 12.2. The van der Waals surface area contributed by atoms with Crippen molar-refractivity contribution in [2.45, 2.75) is 13.5 Å². The van der Waals surface area contributed by atoms with E-state index >= 15 is 0 Å². The summed E-state index contributed by atoms with van der Waals surface area (Å²) in [6.45, 7) is 2.41. The van der Waals surface area contributed by atoms with Gasteiger partial charge in [-0.25, -0.2) is 0 Å². The van der Waals surface area contributed by atoms with E-state index in [0.29, 0.717) is 12.1 Å². The Morgan fingerprint density at radius 3 is 2.83 bits per heavy atom. The molecule has 0 aliphatic carbocycles. The zero-order valence-electron chi connectivity index (χ0n) is 13.2. The molecule has 5 nitrogen and oxygen atoms in total. The maximum absolute atomic E-state index is 12.2. The van der Waals surface area contributed by atoms with Gasteiger partial charge in [-0.3, -0.25) is 14.5 Å². The summed E-state index contributed by atoms with van der Waals surface area (Å²) < 4.78 is 1.80. The van der Waals surface area contributed by atoms with Gasteiger partial charge in [0.2, 0.25) is 0 Å². The summed E-state index contributed by atoms with van der Waals surface area (Å²) in [5, 5.41) is 7.09. The molecule has 0 unspecified atom stereocenters. The van der Waals surface area contributed by atoms with Gasteiger partial charge in [-0.2, -0.15) is 5.10 Å². The van der Waals surface area contributed by atoms with Gasteiger partial charge in [0.1, 0.15) is 0 Å². The molecule has 0 saturated heterocycles. The Morgan fingerprint density at radius 1 is 1.22 bits per heavy atom. The van der Waals surface area contributed by atoms with Crippen LogP contribution < -0.4 is 5.32 Å². The number of hydrogen-bond donors (Lipinski definition) is 1. The van der Waals surface area contributed by atoms with Crippen LogP contribution in [0.3, 0.4) is 0 Å². The number of aromatic nitrogens is 3. The molecule has 1 aromatic carbocycles. The highest BCUT2D eigenvalue weighted by Crippen LogP contribution is 2.18. The van der Waals surface area contributed by atoms with Crippen LogP contribution in [0.25, 0.3) is 11.3 Å². The van der Waals surface area contributed by atoms with Crippen molar-refractivity contribution in [3.8, 4) is 11.3 Å². The van der Waals surface area contributed by atoms with Gasteiger partial charge >= 0.3 is 0 Å². The smallest absolute Gasteiger partial charge is 0.251 e. The molecule has 1 amide bonds. The number of benzene rings is 1. The highest BCUT2D eigenvalue weighted by atomic mass is 16.1. The molecule has 3 rings (SSSR count). The van der Waals surface area contributed by atoms with Gasteiger partial charge in [-0.15, -0.1) is 0 Å². The molecule has 0 spiro atoms. The van der Waals surface area contributed by atoms with Crippen LogP contribution in [0, 0.1) is 6.92 Å². The van der Waals surface area contributed by atoms with Crippen molar-refractivity contribution in [1.29, 1.82) is 0 Å². The normalized spacial score (nSPS) is 10.5. The van der Waals surface area contributed by atoms with Crippen molar-refractivity contribution in [1.82, 2.24) is 20.1 Å². The number of rotatable bonds is 4. The quantitative estimate of drug-likeness (QED) is 0.806. The fraction of sp³-hybridized carbons (Fsp3) is 0.167. The molecule has 0 fully saturated rings. The topological polar surface area (TPSA) is 59.8 Å². The van der Waals surface area contributed by atoms with Gasteiger partial charge in [-0.1, -0.05) is 17.7 Å². The van der Waals surface area contributed by atoms with E-state index < -0.39 is 0 Å². The van der Waals surface area contributed by atoms with E-state index in [9.17, 15) is 4.79 Å². The van der Waals surface area contributed by atoms with Gasteiger partial charge in [0.25, 0.3) is 5.91 Å². The Hall–Kier alpha value is -2.95. The zero-order chi connectivity index (χ0) is 16.2. The molecule has 116 valence electrons. The monoisotopic (exact) mass is 306 g/mol. The Balaban J connectivity index is 1.72. The first-order valence-electron chi connectivity index (χ1n) is 7.40. The molecular weight excluding hydrogens is 288 g/mol. The first-order valence-corrected chi connectivity index (χ1v) is 7.40. The molecule has 0 saturated carbocycles. The molecular formula is C18H18N4O. The summed E-state index contributed by atoms with van der Waals surface area (Å²) in [7, 11) is 1.89. The molecule has 2 aromatic heterocycles. The van der Waals surface area contributed by atoms with E-state index in [0.717, 1.165) is 22.4 Å². The highest BCUT2D eigenvalue weighted by Gasteiger charge is 2.07. The van der Waals surface area contributed by atoms with Crippen LogP contribution in [0.2, 0.25) is 0 Å². The lowest BCUT2D eigenvalue weighted by atomic mass is 10.1. The van der Waals surface area contributed by atoms with Crippen LogP contribution >= 0.6 is 0 Å². The lowest BCUT2D eigenvalue weighted by Crippen LogP contribution is -2.22. The summed E-state index contributed by atoms with van der Waals surface area (Å²) >= 11 is 0. The van der Waals surface area contributed by atoms with Crippen molar-refractivity contribution in [2.24, 2.45) is 7.05 Å². The number of amides is 1. The first kappa shape index (κ1) is 15.0. The molecule has 0 radical (unpaired) electrons. The van der Waals surface area contributed by atoms with Crippen molar-refractivity contribution >= 4 is 5.91 Å². The molecule has 1 N–H and O–H groups in total. The average Bonchev–Trinajstić information content (AvgIpc) is 2.99. The molecule has 0 bridgehead atoms. The summed E-state index contributed by atoms with van der Waals surface area (Å²) in [6.07, 6.45) is 5.31. The second-order valence-corrected chi connectivity index (χ2v) is 5.47. The summed E-state index contributed by atoms with van der Waals surface area (Å²) in [6, 6.07) is 11.5. The van der Waals surface area contributed by atoms with E-state index in [-0.39, 0.29) is 5.91 Å². The van der Waals surface area contributed by atoms with Gasteiger partial charge in [-0.05, 0) is 36.8 Å². The highest BCUT2D eigenvalue weighted by molar-refractivity contribution is 5.94. The van der Waals surface area contributed by atoms with Crippen molar-refractivity contribution < 1.29 is 4.79 Å². The van der Waals surface area contributed by atoms with Crippen LogP contribution in [-0.2, 0) is 13.6 Å². The molecule has 5 heteroatoms. The predicted molar refractivity (Wildman–Crippen MR) is 88.8 cm³/mol. The molecule has 2 heterocycles. The van der Waals surface area contributed by atoms with Gasteiger partial charge in [0, 0.05) is 43.3 Å². The first-order chi connectivity index (χ1) is 11.1. The molecule has 0 aliphatic heterocycles. The number of nitrogens with zero attached hydrogens (tertiary/aromatic N) is 3. The van der Waals surface area contributed by atoms with Crippen molar-refractivity contribution in [3.63, 3.8) is 0 Å². The van der Waals surface area contributed by atoms with Crippen LogP contribution in [0.15, 0.2) is 55.0 Å². The fourth-order valence-corrected chi connectivity index (χ4v) is 2.45. The van der Waals surface area contributed by atoms with Gasteiger partial charge < -0.3 is 5.32 Å². The Kier molecular flexibility index (Phi) is 4.19. The minimum atomic E-state index is -0.0837. The minimum absolute atomic E-state index is 0.0837. The van der Waals surface area contributed by atoms with Gasteiger partial charge in [0.05, 0.1) is 5.69 Å². The van der Waals surface area contributed by atoms with Gasteiger partial charge in [0.15, 0.2) is 0 Å². The molecule has 23 heavy (non-hydrogen) atoms. The van der Waals surface area contributed by atoms with Crippen LogP contribution in [0.1, 0.15) is 21.5 Å². The van der Waals surface area contributed by atoms with E-state index in [2.05, 4.69) is 15.4 Å². The number of nitrogens with one attached hydrogen (secondary N) is 1. The maximum Gasteiger partial charge on any atom is 0.251 e. The Morgan fingerprint density at radius 2 is 2.09 bits per heavy atom. The Bertz CT molecular complexity index is 838. The van der Waals surface area contributed by atoms with Crippen LogP contribution in [0.4, 0.5) is 0 Å².